The van der Waals surface area contributed by atoms with Crippen molar-refractivity contribution < 1.29 is 33.1 Å². The molecular formula is C16H24NO6S2+. The van der Waals surface area contributed by atoms with Crippen LogP contribution in [0.5, 0.6) is 0 Å². The number of quaternary nitrogens is 1. The number of thioether (sulfide) groups is 2. The fraction of sp³-hybridized carbons (Fsp3) is 0.750. The van der Waals surface area contributed by atoms with Crippen molar-refractivity contribution in [1.82, 2.24) is 0 Å². The van der Waals surface area contributed by atoms with Crippen LogP contribution < -0.4 is 0 Å². The van der Waals surface area contributed by atoms with Gasteiger partial charge in [-0.1, -0.05) is 23.5 Å². The number of rotatable bonds is 8. The van der Waals surface area contributed by atoms with Gasteiger partial charge in [0.05, 0.1) is 25.9 Å². The second kappa shape index (κ2) is 9.05. The lowest BCUT2D eigenvalue weighted by atomic mass is 10.1. The first kappa shape index (κ1) is 20.3. The predicted octanol–water partition coefficient (Wildman–Crippen LogP) is 0.709. The lowest BCUT2D eigenvalue weighted by molar-refractivity contribution is -0.890. The van der Waals surface area contributed by atoms with Crippen molar-refractivity contribution in [1.29, 1.82) is 0 Å². The summed E-state index contributed by atoms with van der Waals surface area (Å²) in [5, 5.41) is 0.0875. The standard InChI is InChI=1S/C16H24NO6S2/c1-17(2,3-5-22-15(20)11-7-13(18)24-9-11)4-6-23-16(21)12-8-14(19)25-10-12/h11-12H,3-10H2,1-2H3/q+1. The van der Waals surface area contributed by atoms with Crippen LogP contribution in [0.2, 0.25) is 0 Å². The van der Waals surface area contributed by atoms with Crippen molar-refractivity contribution in [2.45, 2.75) is 12.8 Å². The van der Waals surface area contributed by atoms with Gasteiger partial charge in [0.25, 0.3) is 0 Å². The molecule has 0 aliphatic carbocycles. The molecule has 140 valence electrons. The number of nitrogens with zero attached hydrogens (tertiary/aromatic N) is 1. The minimum absolute atomic E-state index is 0.0437. The van der Waals surface area contributed by atoms with Crippen LogP contribution in [0.25, 0.3) is 0 Å². The van der Waals surface area contributed by atoms with Gasteiger partial charge < -0.3 is 14.0 Å². The van der Waals surface area contributed by atoms with Crippen LogP contribution in [0.1, 0.15) is 12.8 Å². The summed E-state index contributed by atoms with van der Waals surface area (Å²) < 4.78 is 11.1. The third-order valence-corrected chi connectivity index (χ3v) is 6.38. The fourth-order valence-corrected chi connectivity index (χ4v) is 4.38. The lowest BCUT2D eigenvalue weighted by Gasteiger charge is -2.29. The zero-order valence-corrected chi connectivity index (χ0v) is 16.2. The molecule has 25 heavy (non-hydrogen) atoms. The number of carbonyl (C=O) groups is 4. The molecule has 2 saturated heterocycles. The molecule has 2 aliphatic rings. The molecule has 2 rings (SSSR count). The molecule has 7 nitrogen and oxygen atoms in total. The largest absolute Gasteiger partial charge is 0.459 e. The van der Waals surface area contributed by atoms with E-state index in [9.17, 15) is 19.2 Å². The van der Waals surface area contributed by atoms with Gasteiger partial charge in [0, 0.05) is 24.3 Å². The third kappa shape index (κ3) is 6.63. The molecule has 0 spiro atoms. The summed E-state index contributed by atoms with van der Waals surface area (Å²) in [4.78, 5) is 46.1. The number of ether oxygens (including phenoxy) is 2. The first-order chi connectivity index (χ1) is 11.8. The monoisotopic (exact) mass is 390 g/mol. The first-order valence-corrected chi connectivity index (χ1v) is 10.2. The van der Waals surface area contributed by atoms with Crippen LogP contribution in [0.4, 0.5) is 0 Å². The van der Waals surface area contributed by atoms with E-state index in [1.54, 1.807) is 0 Å². The van der Waals surface area contributed by atoms with Gasteiger partial charge in [0.15, 0.2) is 10.2 Å². The molecule has 0 bridgehead atoms. The predicted molar refractivity (Wildman–Crippen MR) is 94.9 cm³/mol. The van der Waals surface area contributed by atoms with Gasteiger partial charge in [-0.3, -0.25) is 19.2 Å². The molecule has 9 heteroatoms. The molecule has 2 atom stereocenters. The Hall–Kier alpha value is -1.06. The van der Waals surface area contributed by atoms with Crippen molar-refractivity contribution in [3.8, 4) is 0 Å². The molecular weight excluding hydrogens is 366 g/mol. The molecule has 0 aromatic rings. The average molecular weight is 391 g/mol. The number of likely N-dealkylation sites (N-methyl/N-ethyl adjacent to an activating group) is 1. The summed E-state index contributed by atoms with van der Waals surface area (Å²) >= 11 is 2.36. The summed E-state index contributed by atoms with van der Waals surface area (Å²) in [7, 11) is 3.93. The Morgan fingerprint density at radius 1 is 0.920 bits per heavy atom. The summed E-state index contributed by atoms with van der Waals surface area (Å²) in [6, 6.07) is 0. The molecule has 0 radical (unpaired) electrons. The molecule has 0 saturated carbocycles. The summed E-state index contributed by atoms with van der Waals surface area (Å²) in [5.41, 5.74) is 0. The molecule has 0 aromatic carbocycles. The SMILES string of the molecule is C[N+](C)(CCOC(=O)C1CSC(=O)C1)CCOC(=O)C1CSC(=O)C1. The fourth-order valence-electron chi connectivity index (χ4n) is 2.46. The summed E-state index contributed by atoms with van der Waals surface area (Å²) in [5.74, 6) is -0.245. The van der Waals surface area contributed by atoms with E-state index in [1.165, 1.54) is 23.5 Å². The number of esters is 2. The van der Waals surface area contributed by atoms with Crippen LogP contribution in [0.3, 0.4) is 0 Å². The van der Waals surface area contributed by atoms with Crippen LogP contribution >= 0.6 is 23.5 Å². The molecule has 2 aliphatic heterocycles. The van der Waals surface area contributed by atoms with E-state index in [0.717, 1.165) is 0 Å². The maximum absolute atomic E-state index is 11.9. The molecule has 0 amide bonds. The smallest absolute Gasteiger partial charge is 0.310 e. The second-order valence-electron chi connectivity index (χ2n) is 6.89. The van der Waals surface area contributed by atoms with Gasteiger partial charge >= 0.3 is 11.9 Å². The van der Waals surface area contributed by atoms with E-state index < -0.39 is 0 Å². The second-order valence-corrected chi connectivity index (χ2v) is 9.04. The Morgan fingerprint density at radius 3 is 1.64 bits per heavy atom. The Kier molecular flexibility index (Phi) is 7.33. The maximum Gasteiger partial charge on any atom is 0.310 e. The van der Waals surface area contributed by atoms with Crippen molar-refractivity contribution in [3.63, 3.8) is 0 Å². The number of hydrogen-bond acceptors (Lipinski definition) is 8. The minimum Gasteiger partial charge on any atom is -0.459 e. The highest BCUT2D eigenvalue weighted by Crippen LogP contribution is 2.27. The van der Waals surface area contributed by atoms with Crippen LogP contribution in [-0.4, -0.2) is 78.6 Å². The first-order valence-electron chi connectivity index (χ1n) is 8.23. The van der Waals surface area contributed by atoms with Crippen LogP contribution in [-0.2, 0) is 28.7 Å². The molecule has 2 fully saturated rings. The van der Waals surface area contributed by atoms with Gasteiger partial charge in [-0.25, -0.2) is 0 Å². The van der Waals surface area contributed by atoms with Crippen LogP contribution in [0.15, 0.2) is 0 Å². The zero-order chi connectivity index (χ0) is 18.4. The van der Waals surface area contributed by atoms with E-state index in [-0.39, 0.29) is 60.1 Å². The van der Waals surface area contributed by atoms with Gasteiger partial charge in [-0.05, 0) is 0 Å². The third-order valence-electron chi connectivity index (χ3n) is 4.27. The highest BCUT2D eigenvalue weighted by atomic mass is 32.2. The Balaban J connectivity index is 1.60. The van der Waals surface area contributed by atoms with E-state index in [4.69, 9.17) is 9.47 Å². The van der Waals surface area contributed by atoms with Gasteiger partial charge in [0.1, 0.15) is 26.3 Å². The Labute approximate surface area is 155 Å². The van der Waals surface area contributed by atoms with Crippen molar-refractivity contribution in [2.24, 2.45) is 11.8 Å². The number of hydrogen-bond donors (Lipinski definition) is 0. The van der Waals surface area contributed by atoms with Gasteiger partial charge in [0.2, 0.25) is 0 Å². The Bertz CT molecular complexity index is 505. The molecule has 2 heterocycles. The minimum atomic E-state index is -0.318. The summed E-state index contributed by atoms with van der Waals surface area (Å²) in [6.07, 6.45) is 0.527. The quantitative estimate of drug-likeness (QED) is 0.442. The normalized spacial score (nSPS) is 23.8. The van der Waals surface area contributed by atoms with E-state index in [0.29, 0.717) is 29.1 Å². The topological polar surface area (TPSA) is 86.7 Å². The number of carbonyl (C=O) groups excluding carboxylic acids is 4. The van der Waals surface area contributed by atoms with Crippen molar-refractivity contribution in [3.05, 3.63) is 0 Å². The highest BCUT2D eigenvalue weighted by Gasteiger charge is 2.32. The summed E-state index contributed by atoms with van der Waals surface area (Å²) in [6.45, 7) is 1.72. The molecule has 0 aromatic heterocycles. The van der Waals surface area contributed by atoms with Crippen molar-refractivity contribution in [2.75, 3.05) is 51.9 Å². The van der Waals surface area contributed by atoms with E-state index >= 15 is 0 Å². The molecule has 0 N–H and O–H groups in total. The van der Waals surface area contributed by atoms with Crippen LogP contribution in [0, 0.1) is 11.8 Å². The average Bonchev–Trinajstić information content (AvgIpc) is 3.15. The Morgan fingerprint density at radius 2 is 1.32 bits per heavy atom. The highest BCUT2D eigenvalue weighted by molar-refractivity contribution is 8.14. The maximum atomic E-state index is 11.9. The van der Waals surface area contributed by atoms with Gasteiger partial charge in [-0.15, -0.1) is 0 Å². The van der Waals surface area contributed by atoms with E-state index in [2.05, 4.69) is 0 Å². The lowest BCUT2D eigenvalue weighted by Crippen LogP contribution is -2.45. The van der Waals surface area contributed by atoms with E-state index in [1.807, 2.05) is 14.1 Å². The van der Waals surface area contributed by atoms with Gasteiger partial charge in [-0.2, -0.15) is 0 Å². The molecule has 2 unspecified atom stereocenters. The van der Waals surface area contributed by atoms with Crippen molar-refractivity contribution >= 4 is 45.7 Å². The zero-order valence-electron chi connectivity index (χ0n) is 14.5.